The van der Waals surface area contributed by atoms with Crippen molar-refractivity contribution in [2.75, 3.05) is 0 Å². The van der Waals surface area contributed by atoms with Gasteiger partial charge in [0.25, 0.3) is 0 Å². The molecule has 0 spiro atoms. The number of nitrogens with zero attached hydrogens (tertiary/aromatic N) is 4. The third kappa shape index (κ3) is 6.94. The standard InChI is InChI=1S/C56H36N4O/c1-4-12-37(13-5-1)40-22-24-43(25-23-40)46-18-10-19-47(34-46)55-58-54(45-32-28-42(29-33-45)39-16-8-3-9-17-39)59-56(60-55)50-35-57-36-51-52(50)49-21-11-20-48(53(49)61-51)44-30-26-41(27-31-44)38-14-6-2-7-15-38/h1-36H. The van der Waals surface area contributed by atoms with Crippen molar-refractivity contribution in [3.63, 3.8) is 0 Å². The maximum absolute atomic E-state index is 6.67. The van der Waals surface area contributed by atoms with Gasteiger partial charge in [0.15, 0.2) is 23.1 Å². The molecule has 0 saturated heterocycles. The maximum Gasteiger partial charge on any atom is 0.166 e. The fourth-order valence-corrected chi connectivity index (χ4v) is 8.14. The highest BCUT2D eigenvalue weighted by atomic mass is 16.3. The molecular weight excluding hydrogens is 745 g/mol. The molecule has 5 nitrogen and oxygen atoms in total. The number of aromatic nitrogens is 4. The summed E-state index contributed by atoms with van der Waals surface area (Å²) >= 11 is 0. The highest BCUT2D eigenvalue weighted by Crippen LogP contribution is 2.40. The predicted molar refractivity (Wildman–Crippen MR) is 248 cm³/mol. The number of furan rings is 1. The zero-order chi connectivity index (χ0) is 40.5. The van der Waals surface area contributed by atoms with Gasteiger partial charge in [-0.15, -0.1) is 0 Å². The molecular formula is C56H36N4O. The zero-order valence-corrected chi connectivity index (χ0v) is 33.0. The second-order valence-corrected chi connectivity index (χ2v) is 15.1. The summed E-state index contributed by atoms with van der Waals surface area (Å²) in [6.45, 7) is 0. The Labute approximate surface area is 353 Å². The Bertz CT molecular complexity index is 3310. The van der Waals surface area contributed by atoms with Crippen LogP contribution < -0.4 is 0 Å². The van der Waals surface area contributed by atoms with Crippen LogP contribution in [0, 0.1) is 0 Å². The minimum absolute atomic E-state index is 0.517. The third-order valence-electron chi connectivity index (χ3n) is 11.3. The first-order valence-corrected chi connectivity index (χ1v) is 20.4. The van der Waals surface area contributed by atoms with E-state index in [1.54, 1.807) is 6.20 Å². The molecule has 0 fully saturated rings. The van der Waals surface area contributed by atoms with Gasteiger partial charge < -0.3 is 4.42 Å². The van der Waals surface area contributed by atoms with Crippen molar-refractivity contribution in [1.82, 2.24) is 19.9 Å². The Morgan fingerprint density at radius 2 is 0.721 bits per heavy atom. The van der Waals surface area contributed by atoms with Crippen LogP contribution in [0.3, 0.4) is 0 Å². The number of hydrogen-bond acceptors (Lipinski definition) is 5. The van der Waals surface area contributed by atoms with Gasteiger partial charge in [-0.1, -0.05) is 200 Å². The van der Waals surface area contributed by atoms with Gasteiger partial charge in [-0.2, -0.15) is 0 Å². The normalized spacial score (nSPS) is 11.3. The number of para-hydroxylation sites is 1. The van der Waals surface area contributed by atoms with Crippen LogP contribution in [-0.4, -0.2) is 19.9 Å². The lowest BCUT2D eigenvalue weighted by Crippen LogP contribution is -2.01. The van der Waals surface area contributed by atoms with Gasteiger partial charge in [-0.05, 0) is 56.1 Å². The maximum atomic E-state index is 6.67. The number of pyridine rings is 1. The summed E-state index contributed by atoms with van der Waals surface area (Å²) in [6.07, 6.45) is 3.61. The molecule has 3 heterocycles. The summed E-state index contributed by atoms with van der Waals surface area (Å²) in [5.41, 5.74) is 15.2. The number of rotatable bonds is 8. The van der Waals surface area contributed by atoms with Gasteiger partial charge in [-0.3, -0.25) is 4.98 Å². The number of fused-ring (bicyclic) bond motifs is 3. The summed E-state index contributed by atoms with van der Waals surface area (Å²) in [6, 6.07) is 71.6. The molecule has 286 valence electrons. The Kier molecular flexibility index (Phi) is 9.10. The molecule has 0 aliphatic rings. The van der Waals surface area contributed by atoms with E-state index in [4.69, 9.17) is 19.4 Å². The number of hydrogen-bond donors (Lipinski definition) is 0. The van der Waals surface area contributed by atoms with Crippen molar-refractivity contribution >= 4 is 21.9 Å². The Balaban J connectivity index is 1.03. The summed E-state index contributed by atoms with van der Waals surface area (Å²) < 4.78 is 6.67. The first-order chi connectivity index (χ1) is 30.2. The summed E-state index contributed by atoms with van der Waals surface area (Å²) in [5, 5.41) is 1.87. The fraction of sp³-hybridized carbons (Fsp3) is 0. The first kappa shape index (κ1) is 35.8. The smallest absolute Gasteiger partial charge is 0.166 e. The SMILES string of the molecule is c1ccc(-c2ccc(-c3cccc(-c4nc(-c5ccc(-c6ccccc6)cc5)nc(-c5cncc6oc7c(-c8ccc(-c9ccccc9)cc8)cccc7c56)n4)c3)cc2)cc1. The lowest BCUT2D eigenvalue weighted by Gasteiger charge is -2.11. The minimum Gasteiger partial charge on any atom is -0.454 e. The average molecular weight is 781 g/mol. The molecule has 0 saturated carbocycles. The average Bonchev–Trinajstić information content (AvgIpc) is 3.74. The first-order valence-electron chi connectivity index (χ1n) is 20.4. The molecule has 0 atom stereocenters. The van der Waals surface area contributed by atoms with Crippen molar-refractivity contribution in [1.29, 1.82) is 0 Å². The van der Waals surface area contributed by atoms with Crippen LogP contribution in [0.4, 0.5) is 0 Å². The molecule has 0 unspecified atom stereocenters. The molecule has 0 N–H and O–H groups in total. The van der Waals surface area contributed by atoms with Crippen LogP contribution in [0.2, 0.25) is 0 Å². The van der Waals surface area contributed by atoms with E-state index < -0.39 is 0 Å². The van der Waals surface area contributed by atoms with E-state index >= 15 is 0 Å². The highest BCUT2D eigenvalue weighted by molar-refractivity contribution is 6.14. The second kappa shape index (κ2) is 15.5. The van der Waals surface area contributed by atoms with Crippen molar-refractivity contribution in [2.45, 2.75) is 0 Å². The quantitative estimate of drug-likeness (QED) is 0.154. The van der Waals surface area contributed by atoms with Crippen molar-refractivity contribution in [3.05, 3.63) is 219 Å². The van der Waals surface area contributed by atoms with Gasteiger partial charge in [0.2, 0.25) is 0 Å². The molecule has 0 radical (unpaired) electrons. The molecule has 0 amide bonds. The van der Waals surface area contributed by atoms with Gasteiger partial charge in [0.1, 0.15) is 5.58 Å². The third-order valence-corrected chi connectivity index (χ3v) is 11.3. The lowest BCUT2D eigenvalue weighted by molar-refractivity contribution is 0.668. The minimum atomic E-state index is 0.517. The van der Waals surface area contributed by atoms with Crippen LogP contribution in [0.25, 0.3) is 112 Å². The molecule has 0 aliphatic heterocycles. The molecule has 8 aromatic carbocycles. The van der Waals surface area contributed by atoms with E-state index in [0.717, 1.165) is 72.0 Å². The molecule has 5 heteroatoms. The van der Waals surface area contributed by atoms with E-state index in [-0.39, 0.29) is 0 Å². The summed E-state index contributed by atoms with van der Waals surface area (Å²) in [5.74, 6) is 1.66. The van der Waals surface area contributed by atoms with E-state index in [1.807, 2.05) is 24.4 Å². The van der Waals surface area contributed by atoms with Crippen molar-refractivity contribution in [3.8, 4) is 89.8 Å². The van der Waals surface area contributed by atoms with Crippen LogP contribution in [0.15, 0.2) is 223 Å². The van der Waals surface area contributed by atoms with Crippen LogP contribution in [0.5, 0.6) is 0 Å². The molecule has 0 aliphatic carbocycles. The van der Waals surface area contributed by atoms with Gasteiger partial charge in [0, 0.05) is 39.2 Å². The Morgan fingerprint density at radius 3 is 1.30 bits per heavy atom. The van der Waals surface area contributed by atoms with E-state index in [0.29, 0.717) is 23.1 Å². The highest BCUT2D eigenvalue weighted by Gasteiger charge is 2.20. The molecule has 11 rings (SSSR count). The molecule has 3 aromatic heterocycles. The fourth-order valence-electron chi connectivity index (χ4n) is 8.14. The lowest BCUT2D eigenvalue weighted by atomic mass is 9.98. The molecule has 0 bridgehead atoms. The summed E-state index contributed by atoms with van der Waals surface area (Å²) in [7, 11) is 0. The topological polar surface area (TPSA) is 64.7 Å². The second-order valence-electron chi connectivity index (χ2n) is 15.1. The Morgan fingerprint density at radius 1 is 0.295 bits per heavy atom. The molecule has 11 aromatic rings. The van der Waals surface area contributed by atoms with Crippen molar-refractivity contribution in [2.24, 2.45) is 0 Å². The number of benzene rings is 8. The Hall–Kier alpha value is -8.28. The van der Waals surface area contributed by atoms with Crippen LogP contribution in [0.1, 0.15) is 0 Å². The largest absolute Gasteiger partial charge is 0.454 e. The van der Waals surface area contributed by atoms with Gasteiger partial charge in [-0.25, -0.2) is 15.0 Å². The van der Waals surface area contributed by atoms with E-state index in [1.165, 1.54) is 16.7 Å². The predicted octanol–water partition coefficient (Wildman–Crippen LogP) is 14.5. The van der Waals surface area contributed by atoms with Crippen molar-refractivity contribution < 1.29 is 4.42 Å². The van der Waals surface area contributed by atoms with E-state index in [2.05, 4.69) is 193 Å². The van der Waals surface area contributed by atoms with Gasteiger partial charge in [0.05, 0.1) is 6.20 Å². The van der Waals surface area contributed by atoms with Gasteiger partial charge >= 0.3 is 0 Å². The van der Waals surface area contributed by atoms with Crippen LogP contribution >= 0.6 is 0 Å². The summed E-state index contributed by atoms with van der Waals surface area (Å²) in [4.78, 5) is 20.2. The van der Waals surface area contributed by atoms with E-state index in [9.17, 15) is 0 Å². The monoisotopic (exact) mass is 780 g/mol. The molecule has 61 heavy (non-hydrogen) atoms. The van der Waals surface area contributed by atoms with Crippen LogP contribution in [-0.2, 0) is 0 Å². The zero-order valence-electron chi connectivity index (χ0n) is 33.0.